The first kappa shape index (κ1) is 14.1. The number of nitriles is 1. The minimum Gasteiger partial charge on any atom is -0.350 e. The third-order valence-corrected chi connectivity index (χ3v) is 3.59. The van der Waals surface area contributed by atoms with Crippen LogP contribution in [0.1, 0.15) is 22.7 Å². The second kappa shape index (κ2) is 5.85. The second-order valence-corrected chi connectivity index (χ2v) is 5.27. The lowest BCUT2D eigenvalue weighted by molar-refractivity contribution is 0.0901. The molecule has 1 aliphatic rings. The Morgan fingerprint density at radius 2 is 2.41 bits per heavy atom. The first-order chi connectivity index (χ1) is 10.7. The van der Waals surface area contributed by atoms with E-state index in [1.165, 1.54) is 0 Å². The number of hydrogen-bond acceptors (Lipinski definition) is 6. The predicted molar refractivity (Wildman–Crippen MR) is 77.5 cm³/mol. The maximum Gasteiger partial charge on any atom is 0.290 e. The van der Waals surface area contributed by atoms with Crippen molar-refractivity contribution in [1.29, 1.82) is 5.26 Å². The highest BCUT2D eigenvalue weighted by atomic mass is 16.5. The van der Waals surface area contributed by atoms with Gasteiger partial charge in [0.1, 0.15) is 5.69 Å². The molecule has 1 N–H and O–H groups in total. The molecule has 0 saturated carbocycles. The molecule has 0 aliphatic carbocycles. The minimum atomic E-state index is -0.311. The highest BCUT2D eigenvalue weighted by molar-refractivity contribution is 5.92. The molecule has 0 aromatic carbocycles. The molecule has 7 heteroatoms. The van der Waals surface area contributed by atoms with Crippen LogP contribution in [0.25, 0.3) is 11.3 Å². The summed E-state index contributed by atoms with van der Waals surface area (Å²) in [5, 5.41) is 15.6. The summed E-state index contributed by atoms with van der Waals surface area (Å²) in [4.78, 5) is 17.9. The fraction of sp³-hybridized carbons (Fsp3) is 0.333. The van der Waals surface area contributed by atoms with E-state index in [4.69, 9.17) is 9.78 Å². The molecule has 0 unspecified atom stereocenters. The van der Waals surface area contributed by atoms with Crippen molar-refractivity contribution < 1.29 is 9.32 Å². The number of nitrogens with zero attached hydrogens (tertiary/aromatic N) is 4. The Morgan fingerprint density at radius 1 is 1.55 bits per heavy atom. The van der Waals surface area contributed by atoms with Crippen LogP contribution in [0.5, 0.6) is 0 Å². The molecule has 3 heterocycles. The van der Waals surface area contributed by atoms with Gasteiger partial charge in [0.2, 0.25) is 5.76 Å². The van der Waals surface area contributed by atoms with E-state index in [2.05, 4.69) is 21.7 Å². The molecule has 1 atom stereocenters. The molecule has 22 heavy (non-hydrogen) atoms. The molecule has 2 aromatic heterocycles. The van der Waals surface area contributed by atoms with E-state index in [-0.39, 0.29) is 17.7 Å². The highest BCUT2D eigenvalue weighted by Crippen LogP contribution is 2.19. The van der Waals surface area contributed by atoms with Crippen LogP contribution in [0.15, 0.2) is 28.9 Å². The van der Waals surface area contributed by atoms with Gasteiger partial charge in [0, 0.05) is 42.7 Å². The summed E-state index contributed by atoms with van der Waals surface area (Å²) in [5.74, 6) is -0.144. The fourth-order valence-electron chi connectivity index (χ4n) is 2.45. The Kier molecular flexibility index (Phi) is 3.74. The van der Waals surface area contributed by atoms with Gasteiger partial charge in [-0.2, -0.15) is 5.26 Å². The van der Waals surface area contributed by atoms with E-state index in [9.17, 15) is 4.79 Å². The van der Waals surface area contributed by atoms with Gasteiger partial charge in [-0.05, 0) is 25.5 Å². The van der Waals surface area contributed by atoms with Crippen LogP contribution in [0, 0.1) is 18.4 Å². The molecule has 0 radical (unpaired) electrons. The lowest BCUT2D eigenvalue weighted by Gasteiger charge is -2.10. The predicted octanol–water partition coefficient (Wildman–Crippen LogP) is 1.33. The van der Waals surface area contributed by atoms with Crippen LogP contribution in [0.4, 0.5) is 0 Å². The third-order valence-electron chi connectivity index (χ3n) is 3.59. The van der Waals surface area contributed by atoms with E-state index in [0.29, 0.717) is 18.8 Å². The van der Waals surface area contributed by atoms with Gasteiger partial charge in [0.25, 0.3) is 5.91 Å². The normalized spacial score (nSPS) is 17.3. The maximum atomic E-state index is 12.1. The van der Waals surface area contributed by atoms with Gasteiger partial charge < -0.3 is 14.7 Å². The number of nitrogens with one attached hydrogen (secondary N) is 1. The molecule has 1 fully saturated rings. The van der Waals surface area contributed by atoms with Crippen molar-refractivity contribution in [1.82, 2.24) is 20.4 Å². The first-order valence-electron chi connectivity index (χ1n) is 7.01. The molecule has 0 bridgehead atoms. The molecule has 7 nitrogen and oxygen atoms in total. The number of pyridine rings is 1. The summed E-state index contributed by atoms with van der Waals surface area (Å²) < 4.78 is 5.12. The van der Waals surface area contributed by atoms with Gasteiger partial charge in [0.15, 0.2) is 6.19 Å². The molecule has 1 saturated heterocycles. The highest BCUT2D eigenvalue weighted by Gasteiger charge is 2.25. The Hall–Kier alpha value is -2.88. The standard InChI is InChI=1S/C15H15N5O2/c1-10-6-11(2-4-17-10)13-7-14(22-19-13)15(21)18-12-3-5-20(8-12)9-16/h2,4,6-7,12H,3,5,8H2,1H3,(H,18,21)/t12-/m0/s1. The topological polar surface area (TPSA) is 95.1 Å². The molecule has 3 rings (SSSR count). The number of hydrogen-bond donors (Lipinski definition) is 1. The summed E-state index contributed by atoms with van der Waals surface area (Å²) in [6, 6.07) is 5.26. The first-order valence-corrected chi connectivity index (χ1v) is 7.01. The Balaban J connectivity index is 1.69. The fourth-order valence-corrected chi connectivity index (χ4v) is 2.45. The third kappa shape index (κ3) is 2.91. The van der Waals surface area contributed by atoms with Crippen LogP contribution in [0.3, 0.4) is 0 Å². The van der Waals surface area contributed by atoms with Crippen molar-refractivity contribution in [2.75, 3.05) is 13.1 Å². The van der Waals surface area contributed by atoms with Crippen LogP contribution in [-0.2, 0) is 0 Å². The summed E-state index contributed by atoms with van der Waals surface area (Å²) in [5.41, 5.74) is 2.32. The van der Waals surface area contributed by atoms with Crippen molar-refractivity contribution in [3.05, 3.63) is 35.9 Å². The maximum absolute atomic E-state index is 12.1. The molecule has 112 valence electrons. The van der Waals surface area contributed by atoms with Crippen molar-refractivity contribution in [2.45, 2.75) is 19.4 Å². The Morgan fingerprint density at radius 3 is 3.14 bits per heavy atom. The number of aromatic nitrogens is 2. The van der Waals surface area contributed by atoms with Crippen molar-refractivity contribution in [3.8, 4) is 17.5 Å². The van der Waals surface area contributed by atoms with Gasteiger partial charge >= 0.3 is 0 Å². The summed E-state index contributed by atoms with van der Waals surface area (Å²) in [7, 11) is 0. The summed E-state index contributed by atoms with van der Waals surface area (Å²) in [6.45, 7) is 3.09. The SMILES string of the molecule is Cc1cc(-c2cc(C(=O)N[C@H]3CCN(C#N)C3)on2)ccn1. The van der Waals surface area contributed by atoms with Crippen LogP contribution in [-0.4, -0.2) is 40.1 Å². The number of carbonyl (C=O) groups is 1. The van der Waals surface area contributed by atoms with Gasteiger partial charge in [-0.3, -0.25) is 9.78 Å². The van der Waals surface area contributed by atoms with Gasteiger partial charge in [-0.1, -0.05) is 5.16 Å². The molecular formula is C15H15N5O2. The zero-order valence-electron chi connectivity index (χ0n) is 12.1. The smallest absolute Gasteiger partial charge is 0.290 e. The number of rotatable bonds is 3. The van der Waals surface area contributed by atoms with E-state index in [1.54, 1.807) is 17.2 Å². The van der Waals surface area contributed by atoms with E-state index < -0.39 is 0 Å². The van der Waals surface area contributed by atoms with Gasteiger partial charge in [0.05, 0.1) is 0 Å². The Labute approximate surface area is 127 Å². The number of amides is 1. The van der Waals surface area contributed by atoms with E-state index in [0.717, 1.165) is 17.7 Å². The van der Waals surface area contributed by atoms with E-state index in [1.807, 2.05) is 19.1 Å². The largest absolute Gasteiger partial charge is 0.350 e. The summed E-state index contributed by atoms with van der Waals surface area (Å²) in [6.07, 6.45) is 4.52. The second-order valence-electron chi connectivity index (χ2n) is 5.27. The number of aryl methyl sites for hydroxylation is 1. The summed E-state index contributed by atoms with van der Waals surface area (Å²) >= 11 is 0. The Bertz CT molecular complexity index is 734. The molecule has 0 spiro atoms. The van der Waals surface area contributed by atoms with Crippen molar-refractivity contribution in [2.24, 2.45) is 0 Å². The van der Waals surface area contributed by atoms with Crippen LogP contribution < -0.4 is 5.32 Å². The average Bonchev–Trinajstić information content (AvgIpc) is 3.16. The quantitative estimate of drug-likeness (QED) is 0.859. The minimum absolute atomic E-state index is 0.0381. The molecule has 1 amide bonds. The van der Waals surface area contributed by atoms with Gasteiger partial charge in [-0.15, -0.1) is 0 Å². The molecular weight excluding hydrogens is 282 g/mol. The lowest BCUT2D eigenvalue weighted by atomic mass is 10.1. The molecule has 1 aliphatic heterocycles. The zero-order chi connectivity index (χ0) is 15.5. The zero-order valence-corrected chi connectivity index (χ0v) is 12.1. The lowest BCUT2D eigenvalue weighted by Crippen LogP contribution is -2.36. The average molecular weight is 297 g/mol. The number of carbonyl (C=O) groups excluding carboxylic acids is 1. The number of likely N-dealkylation sites (tertiary alicyclic amines) is 1. The molecule has 2 aromatic rings. The van der Waals surface area contributed by atoms with Crippen molar-refractivity contribution >= 4 is 5.91 Å². The van der Waals surface area contributed by atoms with Crippen molar-refractivity contribution in [3.63, 3.8) is 0 Å². The van der Waals surface area contributed by atoms with Crippen LogP contribution >= 0.6 is 0 Å². The monoisotopic (exact) mass is 297 g/mol. The van der Waals surface area contributed by atoms with E-state index >= 15 is 0 Å². The van der Waals surface area contributed by atoms with Gasteiger partial charge in [-0.25, -0.2) is 0 Å². The van der Waals surface area contributed by atoms with Crippen LogP contribution in [0.2, 0.25) is 0 Å².